The van der Waals surface area contributed by atoms with Gasteiger partial charge in [-0.2, -0.15) is 8.42 Å². The average molecular weight is 431 g/mol. The van der Waals surface area contributed by atoms with Crippen LogP contribution in [0.3, 0.4) is 0 Å². The number of rotatable bonds is 4. The standard InChI is InChI=1S/C16H15ClN2O4S3/c1-9-6-11-12(7-10(9)2)24-16(19(11)8-14(20)23-3)18-26(21,22)15-5-4-13(17)25-15/h4-7H,8H2,1-3H3/b18-16-. The first-order valence-corrected chi connectivity index (χ1v) is 10.9. The van der Waals surface area contributed by atoms with Crippen LogP contribution in [-0.2, 0) is 26.1 Å². The maximum atomic E-state index is 12.6. The van der Waals surface area contributed by atoms with E-state index in [0.717, 1.165) is 32.7 Å². The van der Waals surface area contributed by atoms with Crippen LogP contribution in [0.15, 0.2) is 32.9 Å². The lowest BCUT2D eigenvalue weighted by Crippen LogP contribution is -2.22. The first-order valence-electron chi connectivity index (χ1n) is 7.45. The maximum Gasteiger partial charge on any atom is 0.325 e. The molecule has 10 heteroatoms. The van der Waals surface area contributed by atoms with Crippen molar-refractivity contribution in [1.82, 2.24) is 4.57 Å². The number of thiazole rings is 1. The first-order chi connectivity index (χ1) is 12.2. The summed E-state index contributed by atoms with van der Waals surface area (Å²) in [4.78, 5) is 12.0. The van der Waals surface area contributed by atoms with Crippen LogP contribution in [0.5, 0.6) is 0 Å². The number of sulfonamides is 1. The number of hydrogen-bond acceptors (Lipinski definition) is 6. The van der Waals surface area contributed by atoms with Crippen molar-refractivity contribution >= 4 is 60.5 Å². The third-order valence-electron chi connectivity index (χ3n) is 3.81. The molecule has 0 amide bonds. The maximum absolute atomic E-state index is 12.6. The molecule has 0 fully saturated rings. The lowest BCUT2D eigenvalue weighted by atomic mass is 10.1. The molecule has 6 nitrogen and oxygen atoms in total. The second kappa shape index (κ2) is 7.15. The van der Waals surface area contributed by atoms with Crippen LogP contribution in [0.1, 0.15) is 11.1 Å². The number of halogens is 1. The number of esters is 1. The van der Waals surface area contributed by atoms with E-state index in [4.69, 9.17) is 16.3 Å². The zero-order chi connectivity index (χ0) is 19.1. The fraction of sp³-hybridized carbons (Fsp3) is 0.250. The molecule has 0 bridgehead atoms. The van der Waals surface area contributed by atoms with Gasteiger partial charge in [0.05, 0.1) is 21.7 Å². The Morgan fingerprint density at radius 2 is 1.92 bits per heavy atom. The number of nitrogens with zero attached hydrogens (tertiary/aromatic N) is 2. The lowest BCUT2D eigenvalue weighted by molar-refractivity contribution is -0.141. The van der Waals surface area contributed by atoms with E-state index in [0.29, 0.717) is 4.34 Å². The molecule has 3 aromatic rings. The molecule has 0 N–H and O–H groups in total. The molecule has 0 saturated carbocycles. The van der Waals surface area contributed by atoms with E-state index in [9.17, 15) is 13.2 Å². The van der Waals surface area contributed by atoms with Crippen molar-refractivity contribution < 1.29 is 17.9 Å². The van der Waals surface area contributed by atoms with Gasteiger partial charge >= 0.3 is 5.97 Å². The van der Waals surface area contributed by atoms with Crippen LogP contribution >= 0.6 is 34.3 Å². The number of thiophene rings is 1. The third-order valence-corrected chi connectivity index (χ3v) is 7.94. The van der Waals surface area contributed by atoms with Gasteiger partial charge in [-0.1, -0.05) is 22.9 Å². The molecule has 26 heavy (non-hydrogen) atoms. The number of carbonyl (C=O) groups excluding carboxylic acids is 1. The molecule has 0 aliphatic heterocycles. The van der Waals surface area contributed by atoms with Crippen LogP contribution in [0, 0.1) is 13.8 Å². The van der Waals surface area contributed by atoms with Gasteiger partial charge < -0.3 is 9.30 Å². The highest BCUT2D eigenvalue weighted by Gasteiger charge is 2.18. The highest BCUT2D eigenvalue weighted by atomic mass is 35.5. The highest BCUT2D eigenvalue weighted by Crippen LogP contribution is 2.27. The molecule has 0 radical (unpaired) electrons. The predicted octanol–water partition coefficient (Wildman–Crippen LogP) is 3.50. The summed E-state index contributed by atoms with van der Waals surface area (Å²) in [6.07, 6.45) is 0. The van der Waals surface area contributed by atoms with Gasteiger partial charge in [-0.3, -0.25) is 4.79 Å². The van der Waals surface area contributed by atoms with E-state index in [1.165, 1.54) is 30.6 Å². The molecule has 2 heterocycles. The van der Waals surface area contributed by atoms with E-state index in [1.807, 2.05) is 26.0 Å². The SMILES string of the molecule is COC(=O)Cn1/c(=N/S(=O)(=O)c2ccc(Cl)s2)sc2cc(C)c(C)cc21. The molecule has 0 unspecified atom stereocenters. The zero-order valence-corrected chi connectivity index (χ0v) is 17.4. The summed E-state index contributed by atoms with van der Waals surface area (Å²) in [6.45, 7) is 3.80. The molecule has 2 aromatic heterocycles. The molecular formula is C16H15ClN2O4S3. The van der Waals surface area contributed by atoms with E-state index in [2.05, 4.69) is 4.40 Å². The van der Waals surface area contributed by atoms with Crippen molar-refractivity contribution in [3.63, 3.8) is 0 Å². The van der Waals surface area contributed by atoms with Gasteiger partial charge in [0.25, 0.3) is 10.0 Å². The number of ether oxygens (including phenoxy) is 1. The molecule has 0 spiro atoms. The van der Waals surface area contributed by atoms with Crippen LogP contribution < -0.4 is 4.80 Å². The Morgan fingerprint density at radius 3 is 2.54 bits per heavy atom. The second-order valence-corrected chi connectivity index (χ2v) is 10.1. The van der Waals surface area contributed by atoms with Gasteiger partial charge in [0.1, 0.15) is 10.8 Å². The normalized spacial score (nSPS) is 12.7. The molecule has 138 valence electrons. The van der Waals surface area contributed by atoms with E-state index in [-0.39, 0.29) is 15.6 Å². The molecule has 1 aromatic carbocycles. The summed E-state index contributed by atoms with van der Waals surface area (Å²) in [7, 11) is -2.64. The summed E-state index contributed by atoms with van der Waals surface area (Å²) in [5.41, 5.74) is 2.85. The average Bonchev–Trinajstić information content (AvgIpc) is 3.13. The Bertz CT molecular complexity index is 1170. The summed E-state index contributed by atoms with van der Waals surface area (Å²) in [5.74, 6) is -0.485. The number of aromatic nitrogens is 1. The summed E-state index contributed by atoms with van der Waals surface area (Å²) in [6, 6.07) is 6.79. The van der Waals surface area contributed by atoms with Gasteiger partial charge in [0.2, 0.25) is 4.80 Å². The Morgan fingerprint density at radius 1 is 1.23 bits per heavy atom. The summed E-state index contributed by atoms with van der Waals surface area (Å²) < 4.78 is 36.7. The van der Waals surface area contributed by atoms with Gasteiger partial charge in [-0.25, -0.2) is 0 Å². The van der Waals surface area contributed by atoms with E-state index < -0.39 is 16.0 Å². The Balaban J connectivity index is 2.27. The van der Waals surface area contributed by atoms with Crippen molar-refractivity contribution in [2.24, 2.45) is 4.40 Å². The molecule has 0 aliphatic carbocycles. The van der Waals surface area contributed by atoms with Crippen LogP contribution in [0.2, 0.25) is 4.34 Å². The Hall–Kier alpha value is -1.68. The van der Waals surface area contributed by atoms with Gasteiger partial charge in [-0.05, 0) is 49.2 Å². The van der Waals surface area contributed by atoms with Crippen molar-refractivity contribution in [3.8, 4) is 0 Å². The second-order valence-electron chi connectivity index (χ2n) is 5.58. The fourth-order valence-corrected chi connectivity index (χ4v) is 6.10. The number of fused-ring (bicyclic) bond motifs is 1. The first kappa shape index (κ1) is 19.1. The minimum Gasteiger partial charge on any atom is -0.468 e. The topological polar surface area (TPSA) is 77.7 Å². The summed E-state index contributed by atoms with van der Waals surface area (Å²) >= 11 is 7.98. The number of carbonyl (C=O) groups is 1. The van der Waals surface area contributed by atoms with Crippen LogP contribution in [-0.4, -0.2) is 26.1 Å². The highest BCUT2D eigenvalue weighted by molar-refractivity contribution is 7.92. The monoisotopic (exact) mass is 430 g/mol. The number of aryl methyl sites for hydroxylation is 2. The van der Waals surface area contributed by atoms with Crippen molar-refractivity contribution in [2.75, 3.05) is 7.11 Å². The quantitative estimate of drug-likeness (QED) is 0.593. The minimum atomic E-state index is -3.93. The van der Waals surface area contributed by atoms with E-state index in [1.54, 1.807) is 4.57 Å². The zero-order valence-electron chi connectivity index (χ0n) is 14.1. The third kappa shape index (κ3) is 3.71. The molecule has 3 rings (SSSR count). The molecule has 0 atom stereocenters. The van der Waals surface area contributed by atoms with Gasteiger partial charge in [0.15, 0.2) is 0 Å². The number of benzene rings is 1. The summed E-state index contributed by atoms with van der Waals surface area (Å²) in [5, 5.41) is 0. The molecule has 0 aliphatic rings. The molecular weight excluding hydrogens is 416 g/mol. The van der Waals surface area contributed by atoms with Crippen molar-refractivity contribution in [1.29, 1.82) is 0 Å². The Kier molecular flexibility index (Phi) is 5.25. The van der Waals surface area contributed by atoms with Crippen molar-refractivity contribution in [2.45, 2.75) is 24.6 Å². The number of methoxy groups -OCH3 is 1. The van der Waals surface area contributed by atoms with Crippen molar-refractivity contribution in [3.05, 3.63) is 44.5 Å². The lowest BCUT2D eigenvalue weighted by Gasteiger charge is -2.05. The smallest absolute Gasteiger partial charge is 0.325 e. The van der Waals surface area contributed by atoms with Gasteiger partial charge in [-0.15, -0.1) is 15.7 Å². The largest absolute Gasteiger partial charge is 0.468 e. The van der Waals surface area contributed by atoms with E-state index >= 15 is 0 Å². The fourth-order valence-electron chi connectivity index (χ4n) is 2.32. The predicted molar refractivity (Wildman–Crippen MR) is 103 cm³/mol. The van der Waals surface area contributed by atoms with Crippen LogP contribution in [0.25, 0.3) is 10.2 Å². The van der Waals surface area contributed by atoms with Gasteiger partial charge in [0, 0.05) is 0 Å². The molecule has 0 saturated heterocycles. The minimum absolute atomic E-state index is 0.0527. The van der Waals surface area contributed by atoms with Crippen LogP contribution in [0.4, 0.5) is 0 Å². The number of hydrogen-bond donors (Lipinski definition) is 0. The Labute approximate surface area is 163 Å².